The van der Waals surface area contributed by atoms with Crippen LogP contribution in [0.3, 0.4) is 0 Å². The predicted octanol–water partition coefficient (Wildman–Crippen LogP) is 0.825. The lowest BCUT2D eigenvalue weighted by Crippen LogP contribution is -2.01. The number of rotatable bonds is 4. The lowest BCUT2D eigenvalue weighted by atomic mass is 10.1. The molecule has 2 N–H and O–H groups in total. The highest BCUT2D eigenvalue weighted by Crippen LogP contribution is 2.14. The summed E-state index contributed by atoms with van der Waals surface area (Å²) in [7, 11) is 0. The Morgan fingerprint density at radius 2 is 2.22 bits per heavy atom. The monoisotopic (exact) mass is 260 g/mol. The van der Waals surface area contributed by atoms with E-state index >= 15 is 0 Å². The summed E-state index contributed by atoms with van der Waals surface area (Å²) in [5.41, 5.74) is 6.75. The van der Waals surface area contributed by atoms with E-state index in [4.69, 9.17) is 5.73 Å². The quantitative estimate of drug-likeness (QED) is 0.751. The molecule has 3 rings (SSSR count). The molecule has 0 aliphatic heterocycles. The molecule has 0 radical (unpaired) electrons. The minimum atomic E-state index is 0.441. The zero-order valence-electron chi connectivity index (χ0n) is 9.65. The molecule has 3 aromatic heterocycles. The number of hydrogen-bond donors (Lipinski definition) is 1. The van der Waals surface area contributed by atoms with Crippen LogP contribution in [0.4, 0.5) is 0 Å². The van der Waals surface area contributed by atoms with Crippen molar-refractivity contribution in [1.82, 2.24) is 24.8 Å². The van der Waals surface area contributed by atoms with Crippen molar-refractivity contribution in [2.45, 2.75) is 19.4 Å². The second kappa shape index (κ2) is 4.79. The van der Waals surface area contributed by atoms with Gasteiger partial charge in [0.2, 0.25) is 4.96 Å². The van der Waals surface area contributed by atoms with Crippen molar-refractivity contribution >= 4 is 16.3 Å². The van der Waals surface area contributed by atoms with Crippen LogP contribution in [0.2, 0.25) is 0 Å². The van der Waals surface area contributed by atoms with Crippen LogP contribution in [-0.4, -0.2) is 24.8 Å². The third-order valence-corrected chi connectivity index (χ3v) is 3.55. The first-order valence-corrected chi connectivity index (χ1v) is 6.47. The molecule has 0 aliphatic carbocycles. The van der Waals surface area contributed by atoms with Crippen LogP contribution in [0.15, 0.2) is 24.5 Å². The van der Waals surface area contributed by atoms with Gasteiger partial charge in [-0.2, -0.15) is 9.61 Å². The van der Waals surface area contributed by atoms with Gasteiger partial charge in [-0.3, -0.25) is 4.98 Å². The Kier molecular flexibility index (Phi) is 2.99. The SMILES string of the molecule is NCc1nn2c(CCc3cccnc3)nnc2s1. The van der Waals surface area contributed by atoms with E-state index in [2.05, 4.69) is 26.3 Å². The molecule has 0 saturated heterocycles. The highest BCUT2D eigenvalue weighted by atomic mass is 32.1. The van der Waals surface area contributed by atoms with Crippen LogP contribution < -0.4 is 5.73 Å². The van der Waals surface area contributed by atoms with Gasteiger partial charge in [-0.25, -0.2) is 0 Å². The summed E-state index contributed by atoms with van der Waals surface area (Å²) in [6.45, 7) is 0.441. The third kappa shape index (κ3) is 2.09. The number of fused-ring (bicyclic) bond motifs is 1. The summed E-state index contributed by atoms with van der Waals surface area (Å²) in [6.07, 6.45) is 5.31. The molecule has 0 saturated carbocycles. The number of nitrogens with two attached hydrogens (primary N) is 1. The molecular formula is C11H12N6S. The second-order valence-electron chi connectivity index (χ2n) is 3.87. The number of pyridine rings is 1. The van der Waals surface area contributed by atoms with Gasteiger partial charge < -0.3 is 5.73 Å². The highest BCUT2D eigenvalue weighted by molar-refractivity contribution is 7.16. The lowest BCUT2D eigenvalue weighted by Gasteiger charge is -1.97. The van der Waals surface area contributed by atoms with E-state index in [-0.39, 0.29) is 0 Å². The number of nitrogens with zero attached hydrogens (tertiary/aromatic N) is 5. The molecule has 18 heavy (non-hydrogen) atoms. The smallest absolute Gasteiger partial charge is 0.234 e. The Hall–Kier alpha value is -1.86. The zero-order valence-corrected chi connectivity index (χ0v) is 10.5. The molecule has 0 aromatic carbocycles. The van der Waals surface area contributed by atoms with Gasteiger partial charge in [-0.1, -0.05) is 17.4 Å². The average molecular weight is 260 g/mol. The molecule has 0 unspecified atom stereocenters. The molecule has 0 aliphatic rings. The van der Waals surface area contributed by atoms with E-state index in [9.17, 15) is 0 Å². The molecule has 3 heterocycles. The Balaban J connectivity index is 1.80. The number of aromatic nitrogens is 5. The number of aryl methyl sites for hydroxylation is 2. The van der Waals surface area contributed by atoms with Crippen LogP contribution in [0.5, 0.6) is 0 Å². The van der Waals surface area contributed by atoms with Crippen LogP contribution in [0, 0.1) is 0 Å². The van der Waals surface area contributed by atoms with Crippen LogP contribution in [0.1, 0.15) is 16.4 Å². The van der Waals surface area contributed by atoms with Gasteiger partial charge in [0.1, 0.15) is 5.01 Å². The minimum Gasteiger partial charge on any atom is -0.324 e. The topological polar surface area (TPSA) is 82.0 Å². The van der Waals surface area contributed by atoms with Crippen LogP contribution >= 0.6 is 11.3 Å². The largest absolute Gasteiger partial charge is 0.324 e. The van der Waals surface area contributed by atoms with Crippen molar-refractivity contribution in [3.8, 4) is 0 Å². The molecule has 0 atom stereocenters. The molecule has 6 nitrogen and oxygen atoms in total. The van der Waals surface area contributed by atoms with Crippen molar-refractivity contribution < 1.29 is 0 Å². The first kappa shape index (κ1) is 11.2. The van der Waals surface area contributed by atoms with Gasteiger partial charge in [-0.15, -0.1) is 10.2 Å². The Morgan fingerprint density at radius 1 is 1.28 bits per heavy atom. The maximum absolute atomic E-state index is 5.57. The van der Waals surface area contributed by atoms with Crippen molar-refractivity contribution in [2.24, 2.45) is 5.73 Å². The molecule has 92 valence electrons. The summed E-state index contributed by atoms with van der Waals surface area (Å²) in [6, 6.07) is 3.99. The van der Waals surface area contributed by atoms with Gasteiger partial charge in [0.05, 0.1) is 0 Å². The van der Waals surface area contributed by atoms with Crippen molar-refractivity contribution in [2.75, 3.05) is 0 Å². The standard InChI is InChI=1S/C11H12N6S/c12-6-10-16-17-9(14-15-11(17)18-10)4-3-8-2-1-5-13-7-8/h1-2,5,7H,3-4,6,12H2. The molecule has 0 spiro atoms. The third-order valence-electron chi connectivity index (χ3n) is 2.63. The van der Waals surface area contributed by atoms with E-state index in [1.165, 1.54) is 16.9 Å². The Bertz CT molecular complexity index is 644. The van der Waals surface area contributed by atoms with Gasteiger partial charge in [0.25, 0.3) is 0 Å². The molecule has 0 fully saturated rings. The summed E-state index contributed by atoms with van der Waals surface area (Å²) in [5, 5.41) is 13.5. The van der Waals surface area contributed by atoms with E-state index in [1.807, 2.05) is 12.3 Å². The Labute approximate surface area is 107 Å². The van der Waals surface area contributed by atoms with Crippen molar-refractivity contribution in [3.63, 3.8) is 0 Å². The fourth-order valence-electron chi connectivity index (χ4n) is 1.74. The second-order valence-corrected chi connectivity index (χ2v) is 4.91. The van der Waals surface area contributed by atoms with Gasteiger partial charge in [-0.05, 0) is 18.1 Å². The van der Waals surface area contributed by atoms with E-state index in [0.717, 1.165) is 28.6 Å². The van der Waals surface area contributed by atoms with E-state index < -0.39 is 0 Å². The normalized spacial score (nSPS) is 11.2. The Morgan fingerprint density at radius 3 is 3.00 bits per heavy atom. The molecule has 7 heteroatoms. The maximum atomic E-state index is 5.57. The zero-order chi connectivity index (χ0) is 12.4. The van der Waals surface area contributed by atoms with Gasteiger partial charge in [0.15, 0.2) is 5.82 Å². The van der Waals surface area contributed by atoms with E-state index in [0.29, 0.717) is 6.54 Å². The summed E-state index contributed by atoms with van der Waals surface area (Å²) < 4.78 is 1.78. The van der Waals surface area contributed by atoms with E-state index in [1.54, 1.807) is 10.7 Å². The lowest BCUT2D eigenvalue weighted by molar-refractivity contribution is 0.774. The molecular weight excluding hydrogens is 248 g/mol. The fourth-order valence-corrected chi connectivity index (χ4v) is 2.47. The van der Waals surface area contributed by atoms with Gasteiger partial charge >= 0.3 is 0 Å². The maximum Gasteiger partial charge on any atom is 0.234 e. The molecule has 0 amide bonds. The summed E-state index contributed by atoms with van der Waals surface area (Å²) in [4.78, 5) is 4.89. The van der Waals surface area contributed by atoms with Gasteiger partial charge in [0, 0.05) is 25.4 Å². The van der Waals surface area contributed by atoms with Crippen molar-refractivity contribution in [1.29, 1.82) is 0 Å². The highest BCUT2D eigenvalue weighted by Gasteiger charge is 2.10. The van der Waals surface area contributed by atoms with Crippen LogP contribution in [-0.2, 0) is 19.4 Å². The fraction of sp³-hybridized carbons (Fsp3) is 0.273. The first-order chi connectivity index (χ1) is 8.86. The summed E-state index contributed by atoms with van der Waals surface area (Å²) >= 11 is 1.48. The molecule has 3 aromatic rings. The predicted molar refractivity (Wildman–Crippen MR) is 68.2 cm³/mol. The molecule has 0 bridgehead atoms. The number of hydrogen-bond acceptors (Lipinski definition) is 6. The average Bonchev–Trinajstić information content (AvgIpc) is 2.97. The van der Waals surface area contributed by atoms with Crippen LogP contribution in [0.25, 0.3) is 4.96 Å². The first-order valence-electron chi connectivity index (χ1n) is 5.66. The minimum absolute atomic E-state index is 0.441. The summed E-state index contributed by atoms with van der Waals surface area (Å²) in [5.74, 6) is 0.866. The van der Waals surface area contributed by atoms with Crippen molar-refractivity contribution in [3.05, 3.63) is 40.9 Å².